The molecule has 190 valence electrons. The smallest absolute Gasteiger partial charge is 0.261 e. The Balaban J connectivity index is 1.92. The van der Waals surface area contributed by atoms with E-state index < -0.39 is 11.6 Å². The summed E-state index contributed by atoms with van der Waals surface area (Å²) in [5, 5.41) is 3.08. The number of nitrogens with zero attached hydrogens (tertiary/aromatic N) is 1. The van der Waals surface area contributed by atoms with Crippen molar-refractivity contribution in [1.29, 1.82) is 0 Å². The monoisotopic (exact) mass is 550 g/mol. The lowest BCUT2D eigenvalue weighted by atomic mass is 10.0. The van der Waals surface area contributed by atoms with Gasteiger partial charge in [-0.25, -0.2) is 0 Å². The van der Waals surface area contributed by atoms with Gasteiger partial charge in [-0.3, -0.25) is 9.59 Å². The van der Waals surface area contributed by atoms with Crippen molar-refractivity contribution in [2.75, 3.05) is 6.61 Å². The highest BCUT2D eigenvalue weighted by atomic mass is 79.9. The number of aryl methyl sites for hydroxylation is 2. The Morgan fingerprint density at radius 3 is 2.22 bits per heavy atom. The number of carbonyl (C=O) groups excluding carboxylic acids is 2. The maximum Gasteiger partial charge on any atom is 0.261 e. The van der Waals surface area contributed by atoms with Crippen LogP contribution in [0.25, 0.3) is 0 Å². The van der Waals surface area contributed by atoms with Crippen LogP contribution in [0.15, 0.2) is 77.3 Å². The molecule has 0 aromatic heterocycles. The summed E-state index contributed by atoms with van der Waals surface area (Å²) in [6.07, 6.45) is 0.401. The Morgan fingerprint density at radius 2 is 1.61 bits per heavy atom. The van der Waals surface area contributed by atoms with Crippen molar-refractivity contribution >= 4 is 27.7 Å². The van der Waals surface area contributed by atoms with Gasteiger partial charge in [0, 0.05) is 23.0 Å². The van der Waals surface area contributed by atoms with Crippen LogP contribution in [0.3, 0.4) is 0 Å². The zero-order chi connectivity index (χ0) is 26.3. The van der Waals surface area contributed by atoms with Gasteiger partial charge < -0.3 is 15.0 Å². The number of rotatable bonds is 9. The number of hydrogen-bond donors (Lipinski definition) is 1. The zero-order valence-electron chi connectivity index (χ0n) is 21.7. The molecule has 0 unspecified atom stereocenters. The van der Waals surface area contributed by atoms with E-state index in [1.165, 1.54) is 0 Å². The van der Waals surface area contributed by atoms with Gasteiger partial charge in [0.05, 0.1) is 0 Å². The minimum absolute atomic E-state index is 0.166. The predicted octanol–water partition coefficient (Wildman–Crippen LogP) is 6.00. The summed E-state index contributed by atoms with van der Waals surface area (Å²) in [6, 6.07) is 22.7. The molecule has 0 saturated carbocycles. The molecule has 2 amide bonds. The van der Waals surface area contributed by atoms with E-state index in [4.69, 9.17) is 4.74 Å². The molecule has 0 heterocycles. The number of carbonyl (C=O) groups is 2. The molecule has 1 atom stereocenters. The number of halogens is 1. The van der Waals surface area contributed by atoms with Crippen molar-refractivity contribution in [2.45, 2.75) is 59.2 Å². The van der Waals surface area contributed by atoms with Crippen LogP contribution in [0.5, 0.6) is 5.75 Å². The summed E-state index contributed by atoms with van der Waals surface area (Å²) in [4.78, 5) is 28.9. The predicted molar refractivity (Wildman–Crippen MR) is 148 cm³/mol. The van der Waals surface area contributed by atoms with Crippen LogP contribution in [0.2, 0.25) is 0 Å². The van der Waals surface area contributed by atoms with Crippen LogP contribution in [-0.2, 0) is 22.6 Å². The molecule has 0 fully saturated rings. The quantitative estimate of drug-likeness (QED) is 0.355. The van der Waals surface area contributed by atoms with E-state index in [0.717, 1.165) is 26.7 Å². The first-order valence-corrected chi connectivity index (χ1v) is 12.9. The summed E-state index contributed by atoms with van der Waals surface area (Å²) in [5.41, 5.74) is 3.66. The van der Waals surface area contributed by atoms with Gasteiger partial charge in [0.2, 0.25) is 5.91 Å². The van der Waals surface area contributed by atoms with Gasteiger partial charge in [-0.05, 0) is 69.5 Å². The van der Waals surface area contributed by atoms with E-state index in [0.29, 0.717) is 18.7 Å². The molecule has 0 spiro atoms. The molecule has 3 aromatic carbocycles. The second-order valence-corrected chi connectivity index (χ2v) is 11.0. The van der Waals surface area contributed by atoms with Crippen molar-refractivity contribution in [3.8, 4) is 5.75 Å². The Hall–Kier alpha value is -3.12. The zero-order valence-corrected chi connectivity index (χ0v) is 23.3. The van der Waals surface area contributed by atoms with Crippen molar-refractivity contribution in [3.05, 3.63) is 99.5 Å². The maximum atomic E-state index is 13.7. The van der Waals surface area contributed by atoms with E-state index >= 15 is 0 Å². The minimum Gasteiger partial charge on any atom is -0.484 e. The minimum atomic E-state index is -0.698. The highest BCUT2D eigenvalue weighted by Crippen LogP contribution is 2.22. The first-order chi connectivity index (χ1) is 17.0. The summed E-state index contributed by atoms with van der Waals surface area (Å²) >= 11 is 3.49. The average molecular weight is 552 g/mol. The van der Waals surface area contributed by atoms with Crippen LogP contribution < -0.4 is 10.1 Å². The lowest BCUT2D eigenvalue weighted by Gasteiger charge is -2.33. The van der Waals surface area contributed by atoms with Gasteiger partial charge in [-0.15, -0.1) is 0 Å². The molecule has 0 aliphatic rings. The Kier molecular flexibility index (Phi) is 9.32. The molecule has 0 bridgehead atoms. The second-order valence-electron chi connectivity index (χ2n) is 10.2. The Morgan fingerprint density at radius 1 is 0.944 bits per heavy atom. The molecule has 3 rings (SSSR count). The van der Waals surface area contributed by atoms with Gasteiger partial charge in [-0.1, -0.05) is 76.1 Å². The van der Waals surface area contributed by atoms with E-state index in [2.05, 4.69) is 21.2 Å². The molecule has 0 aliphatic carbocycles. The second kappa shape index (κ2) is 12.2. The molecule has 3 aromatic rings. The number of hydrogen-bond acceptors (Lipinski definition) is 3. The Labute approximate surface area is 223 Å². The largest absolute Gasteiger partial charge is 0.484 e. The number of ether oxygens (including phenoxy) is 1. The summed E-state index contributed by atoms with van der Waals surface area (Å²) in [7, 11) is 0. The lowest BCUT2D eigenvalue weighted by Crippen LogP contribution is -2.55. The molecule has 0 saturated heterocycles. The number of nitrogens with one attached hydrogen (secondary N) is 1. The third-order valence-corrected chi connectivity index (χ3v) is 6.62. The van der Waals surface area contributed by atoms with E-state index in [-0.39, 0.29) is 18.4 Å². The third-order valence-electron chi connectivity index (χ3n) is 5.73. The summed E-state index contributed by atoms with van der Waals surface area (Å²) in [5.74, 6) is 0.172. The van der Waals surface area contributed by atoms with Crippen molar-refractivity contribution in [3.63, 3.8) is 0 Å². The number of benzene rings is 3. The fourth-order valence-corrected chi connectivity index (χ4v) is 4.08. The van der Waals surface area contributed by atoms with Crippen LogP contribution in [-0.4, -0.2) is 34.9 Å². The number of amides is 2. The van der Waals surface area contributed by atoms with Crippen LogP contribution in [0, 0.1) is 13.8 Å². The first-order valence-electron chi connectivity index (χ1n) is 12.1. The highest BCUT2D eigenvalue weighted by Gasteiger charge is 2.32. The van der Waals surface area contributed by atoms with Gasteiger partial charge in [-0.2, -0.15) is 0 Å². The maximum absolute atomic E-state index is 13.7. The summed E-state index contributed by atoms with van der Waals surface area (Å²) in [6.45, 7) is 9.95. The topological polar surface area (TPSA) is 58.6 Å². The molecule has 0 aliphatic heterocycles. The van der Waals surface area contributed by atoms with Gasteiger partial charge in [0.1, 0.15) is 11.8 Å². The fourth-order valence-electron chi connectivity index (χ4n) is 3.83. The van der Waals surface area contributed by atoms with Gasteiger partial charge >= 0.3 is 0 Å². The van der Waals surface area contributed by atoms with Crippen molar-refractivity contribution in [1.82, 2.24) is 10.2 Å². The normalized spacial score (nSPS) is 12.1. The fraction of sp³-hybridized carbons (Fsp3) is 0.333. The molecular formula is C30H35BrN2O3. The first kappa shape index (κ1) is 27.5. The van der Waals surface area contributed by atoms with Gasteiger partial charge in [0.15, 0.2) is 6.61 Å². The highest BCUT2D eigenvalue weighted by molar-refractivity contribution is 9.10. The van der Waals surface area contributed by atoms with Gasteiger partial charge in [0.25, 0.3) is 5.91 Å². The molecule has 1 N–H and O–H groups in total. The van der Waals surface area contributed by atoms with E-state index in [1.54, 1.807) is 4.90 Å². The van der Waals surface area contributed by atoms with E-state index in [1.807, 2.05) is 107 Å². The SMILES string of the molecule is Cc1ccc(CN(C(=O)COc2ccc(Br)c(C)c2)[C@@H](Cc2ccccc2)C(=O)NC(C)(C)C)cc1. The standard InChI is InChI=1S/C30H35BrN2O3/c1-21-11-13-24(14-12-21)19-33(28(34)20-36-25-15-16-26(31)22(2)17-25)27(29(35)32-30(3,4)5)18-23-9-7-6-8-10-23/h6-17,27H,18-20H2,1-5H3,(H,32,35)/t27-/m0/s1. The molecule has 6 heteroatoms. The third kappa shape index (κ3) is 8.23. The Bertz CT molecular complexity index is 1170. The van der Waals surface area contributed by atoms with Crippen LogP contribution >= 0.6 is 15.9 Å². The summed E-state index contributed by atoms with van der Waals surface area (Å²) < 4.78 is 6.85. The van der Waals surface area contributed by atoms with Crippen molar-refractivity contribution in [2.24, 2.45) is 0 Å². The van der Waals surface area contributed by atoms with Crippen molar-refractivity contribution < 1.29 is 14.3 Å². The van der Waals surface area contributed by atoms with Crippen LogP contribution in [0.1, 0.15) is 43.0 Å². The molecule has 36 heavy (non-hydrogen) atoms. The lowest BCUT2D eigenvalue weighted by molar-refractivity contribution is -0.143. The molecule has 5 nitrogen and oxygen atoms in total. The van der Waals surface area contributed by atoms with E-state index in [9.17, 15) is 9.59 Å². The molecular weight excluding hydrogens is 516 g/mol. The molecule has 0 radical (unpaired) electrons. The van der Waals surface area contributed by atoms with Crippen LogP contribution in [0.4, 0.5) is 0 Å². The average Bonchev–Trinajstić information content (AvgIpc) is 2.82.